The minimum absolute atomic E-state index is 0.103. The molecule has 0 spiro atoms. The SMILES string of the molecule is CCCCCCCCCCCCC(=O)C(O)C1CCCCC1. The molecule has 22 heavy (non-hydrogen) atoms. The van der Waals surface area contributed by atoms with Crippen molar-refractivity contribution in [2.75, 3.05) is 0 Å². The summed E-state index contributed by atoms with van der Waals surface area (Å²) in [7, 11) is 0. The third-order valence-corrected chi connectivity index (χ3v) is 5.20. The zero-order valence-corrected chi connectivity index (χ0v) is 14.8. The van der Waals surface area contributed by atoms with Crippen molar-refractivity contribution in [1.29, 1.82) is 0 Å². The highest BCUT2D eigenvalue weighted by Gasteiger charge is 2.26. The molecule has 1 saturated carbocycles. The van der Waals surface area contributed by atoms with Gasteiger partial charge in [-0.25, -0.2) is 0 Å². The van der Waals surface area contributed by atoms with E-state index in [2.05, 4.69) is 6.92 Å². The van der Waals surface area contributed by atoms with Gasteiger partial charge in [0.25, 0.3) is 0 Å². The van der Waals surface area contributed by atoms with E-state index in [9.17, 15) is 9.90 Å². The molecule has 0 saturated heterocycles. The molecule has 0 aromatic rings. The number of ketones is 1. The molecule has 1 aliphatic carbocycles. The van der Waals surface area contributed by atoms with Gasteiger partial charge in [0.1, 0.15) is 6.10 Å². The van der Waals surface area contributed by atoms with Crippen molar-refractivity contribution in [3.05, 3.63) is 0 Å². The molecule has 130 valence electrons. The van der Waals surface area contributed by atoms with Crippen LogP contribution in [-0.2, 0) is 4.79 Å². The van der Waals surface area contributed by atoms with Crippen LogP contribution in [0.2, 0.25) is 0 Å². The summed E-state index contributed by atoms with van der Waals surface area (Å²) >= 11 is 0. The molecule has 0 aromatic heterocycles. The van der Waals surface area contributed by atoms with E-state index in [0.29, 0.717) is 6.42 Å². The topological polar surface area (TPSA) is 37.3 Å². The summed E-state index contributed by atoms with van der Waals surface area (Å²) in [6, 6.07) is 0. The maximum absolute atomic E-state index is 12.0. The van der Waals surface area contributed by atoms with E-state index in [-0.39, 0.29) is 11.7 Å². The van der Waals surface area contributed by atoms with E-state index in [4.69, 9.17) is 0 Å². The van der Waals surface area contributed by atoms with Crippen molar-refractivity contribution < 1.29 is 9.90 Å². The van der Waals surface area contributed by atoms with Gasteiger partial charge in [-0.2, -0.15) is 0 Å². The Balaban J connectivity index is 1.92. The first-order valence-electron chi connectivity index (χ1n) is 9.96. The zero-order valence-electron chi connectivity index (χ0n) is 14.8. The summed E-state index contributed by atoms with van der Waals surface area (Å²) in [5.41, 5.74) is 0. The zero-order chi connectivity index (χ0) is 16.0. The molecule has 0 radical (unpaired) electrons. The number of rotatable bonds is 13. The quantitative estimate of drug-likeness (QED) is 0.436. The maximum Gasteiger partial charge on any atom is 0.161 e. The second kappa shape index (κ2) is 13.1. The summed E-state index contributed by atoms with van der Waals surface area (Å²) in [5, 5.41) is 10.1. The van der Waals surface area contributed by atoms with Crippen molar-refractivity contribution in [1.82, 2.24) is 0 Å². The van der Waals surface area contributed by atoms with Crippen LogP contribution in [0, 0.1) is 5.92 Å². The molecule has 0 aromatic carbocycles. The van der Waals surface area contributed by atoms with Gasteiger partial charge < -0.3 is 5.11 Å². The van der Waals surface area contributed by atoms with E-state index in [0.717, 1.165) is 25.7 Å². The summed E-state index contributed by atoms with van der Waals surface area (Å²) in [4.78, 5) is 12.0. The molecule has 0 bridgehead atoms. The first-order valence-corrected chi connectivity index (χ1v) is 9.96. The average Bonchev–Trinajstić information content (AvgIpc) is 2.56. The van der Waals surface area contributed by atoms with Gasteiger partial charge >= 0.3 is 0 Å². The van der Waals surface area contributed by atoms with Crippen LogP contribution in [0.1, 0.15) is 110 Å². The highest BCUT2D eigenvalue weighted by Crippen LogP contribution is 2.27. The van der Waals surface area contributed by atoms with E-state index < -0.39 is 6.10 Å². The number of unbranched alkanes of at least 4 members (excludes halogenated alkanes) is 9. The molecule has 1 atom stereocenters. The van der Waals surface area contributed by atoms with Gasteiger partial charge in [0.05, 0.1) is 0 Å². The number of aliphatic hydroxyl groups excluding tert-OH is 1. The van der Waals surface area contributed by atoms with Gasteiger partial charge in [-0.15, -0.1) is 0 Å². The lowest BCUT2D eigenvalue weighted by molar-refractivity contribution is -0.130. The first-order chi connectivity index (χ1) is 10.8. The molecule has 1 rings (SSSR count). The average molecular weight is 311 g/mol. The Morgan fingerprint density at radius 1 is 0.864 bits per heavy atom. The predicted octanol–water partition coefficient (Wildman–Crippen LogP) is 5.81. The van der Waals surface area contributed by atoms with E-state index in [1.807, 2.05) is 0 Å². The number of aliphatic hydroxyl groups is 1. The summed E-state index contributed by atoms with van der Waals surface area (Å²) in [6.07, 6.45) is 18.6. The van der Waals surface area contributed by atoms with E-state index >= 15 is 0 Å². The Hall–Kier alpha value is -0.370. The van der Waals surface area contributed by atoms with Gasteiger partial charge in [-0.05, 0) is 25.2 Å². The third kappa shape index (κ3) is 8.92. The summed E-state index contributed by atoms with van der Waals surface area (Å²) < 4.78 is 0. The lowest BCUT2D eigenvalue weighted by Crippen LogP contribution is -2.30. The van der Waals surface area contributed by atoms with Crippen LogP contribution in [0.25, 0.3) is 0 Å². The number of hydrogen-bond donors (Lipinski definition) is 1. The van der Waals surface area contributed by atoms with Crippen molar-refractivity contribution in [2.45, 2.75) is 116 Å². The molecule has 0 aliphatic heterocycles. The van der Waals surface area contributed by atoms with Crippen LogP contribution in [0.15, 0.2) is 0 Å². The van der Waals surface area contributed by atoms with Gasteiger partial charge in [-0.3, -0.25) is 4.79 Å². The lowest BCUT2D eigenvalue weighted by atomic mass is 9.83. The number of hydrogen-bond acceptors (Lipinski definition) is 2. The van der Waals surface area contributed by atoms with Crippen LogP contribution >= 0.6 is 0 Å². The molecule has 1 N–H and O–H groups in total. The second-order valence-corrected chi connectivity index (χ2v) is 7.24. The van der Waals surface area contributed by atoms with Gasteiger partial charge in [0.15, 0.2) is 5.78 Å². The standard InChI is InChI=1S/C20H38O2/c1-2-3-4-5-6-7-8-9-10-14-17-19(21)20(22)18-15-12-11-13-16-18/h18,20,22H,2-17H2,1H3. The molecular formula is C20H38O2. The number of Topliss-reactive ketones (excluding diaryl/α,β-unsaturated/α-hetero) is 1. The number of carbonyl (C=O) groups excluding carboxylic acids is 1. The second-order valence-electron chi connectivity index (χ2n) is 7.24. The molecule has 0 amide bonds. The Kier molecular flexibility index (Phi) is 11.7. The molecule has 2 nitrogen and oxygen atoms in total. The Bertz CT molecular complexity index is 269. The summed E-state index contributed by atoms with van der Waals surface area (Å²) in [5.74, 6) is 0.357. The van der Waals surface area contributed by atoms with Crippen LogP contribution in [0.3, 0.4) is 0 Å². The smallest absolute Gasteiger partial charge is 0.161 e. The molecule has 1 aliphatic rings. The molecule has 0 heterocycles. The largest absolute Gasteiger partial charge is 0.385 e. The predicted molar refractivity (Wildman–Crippen MR) is 94.0 cm³/mol. The highest BCUT2D eigenvalue weighted by atomic mass is 16.3. The Morgan fingerprint density at radius 2 is 1.36 bits per heavy atom. The minimum Gasteiger partial charge on any atom is -0.385 e. The summed E-state index contributed by atoms with van der Waals surface area (Å²) in [6.45, 7) is 2.26. The lowest BCUT2D eigenvalue weighted by Gasteiger charge is -2.25. The molecular weight excluding hydrogens is 272 g/mol. The fourth-order valence-corrected chi connectivity index (χ4v) is 3.65. The van der Waals surface area contributed by atoms with E-state index in [1.54, 1.807) is 0 Å². The van der Waals surface area contributed by atoms with Crippen molar-refractivity contribution in [2.24, 2.45) is 5.92 Å². The maximum atomic E-state index is 12.0. The Labute approximate surface area is 138 Å². The normalized spacial score (nSPS) is 17.5. The highest BCUT2D eigenvalue weighted by molar-refractivity contribution is 5.83. The van der Waals surface area contributed by atoms with E-state index in [1.165, 1.54) is 70.6 Å². The monoisotopic (exact) mass is 310 g/mol. The fourth-order valence-electron chi connectivity index (χ4n) is 3.65. The van der Waals surface area contributed by atoms with Gasteiger partial charge in [0.2, 0.25) is 0 Å². The molecule has 2 heteroatoms. The van der Waals surface area contributed by atoms with Gasteiger partial charge in [0, 0.05) is 6.42 Å². The van der Waals surface area contributed by atoms with Crippen LogP contribution in [0.4, 0.5) is 0 Å². The first kappa shape index (κ1) is 19.7. The van der Waals surface area contributed by atoms with Crippen LogP contribution < -0.4 is 0 Å². The van der Waals surface area contributed by atoms with Crippen molar-refractivity contribution in [3.8, 4) is 0 Å². The number of carbonyl (C=O) groups is 1. The minimum atomic E-state index is -0.668. The fraction of sp³-hybridized carbons (Fsp3) is 0.950. The Morgan fingerprint density at radius 3 is 1.91 bits per heavy atom. The third-order valence-electron chi connectivity index (χ3n) is 5.20. The van der Waals surface area contributed by atoms with Crippen LogP contribution in [0.5, 0.6) is 0 Å². The molecule has 1 unspecified atom stereocenters. The van der Waals surface area contributed by atoms with Crippen molar-refractivity contribution in [3.63, 3.8) is 0 Å². The van der Waals surface area contributed by atoms with Crippen molar-refractivity contribution >= 4 is 5.78 Å². The van der Waals surface area contributed by atoms with Gasteiger partial charge in [-0.1, -0.05) is 84.0 Å². The molecule has 1 fully saturated rings. The van der Waals surface area contributed by atoms with Crippen LogP contribution in [-0.4, -0.2) is 17.0 Å².